The Balaban J connectivity index is 1.95. The molecular weight excluding hydrogens is 348 g/mol. The number of hydrogen-bond donors (Lipinski definition) is 1. The first-order valence-electron chi connectivity index (χ1n) is 8.28. The molecule has 0 spiro atoms. The number of methoxy groups -OCH3 is 2. The second kappa shape index (κ2) is 7.41. The molecule has 0 aliphatic carbocycles. The molecule has 0 radical (unpaired) electrons. The van der Waals surface area contributed by atoms with Crippen LogP contribution in [0.5, 0.6) is 11.5 Å². The van der Waals surface area contributed by atoms with Gasteiger partial charge in [0, 0.05) is 11.0 Å². The second-order valence-electron chi connectivity index (χ2n) is 6.25. The van der Waals surface area contributed by atoms with Crippen LogP contribution in [0.2, 0.25) is 0 Å². The van der Waals surface area contributed by atoms with E-state index >= 15 is 0 Å². The summed E-state index contributed by atoms with van der Waals surface area (Å²) in [5.41, 5.74) is 4.15. The Hall–Kier alpha value is -2.47. The van der Waals surface area contributed by atoms with E-state index in [1.54, 1.807) is 38.1 Å². The molecular formula is C20H22N2O3S. The predicted octanol–water partition coefficient (Wildman–Crippen LogP) is 4.16. The van der Waals surface area contributed by atoms with Gasteiger partial charge in [-0.25, -0.2) is 4.98 Å². The van der Waals surface area contributed by atoms with Crippen LogP contribution in [0, 0.1) is 20.8 Å². The summed E-state index contributed by atoms with van der Waals surface area (Å²) in [4.78, 5) is 21.2. The summed E-state index contributed by atoms with van der Waals surface area (Å²) in [7, 11) is 3.11. The van der Waals surface area contributed by atoms with Crippen molar-refractivity contribution in [2.45, 2.75) is 31.4 Å². The highest BCUT2D eigenvalue weighted by Gasteiger charge is 2.12. The number of aromatic amines is 1. The smallest absolute Gasteiger partial charge is 0.258 e. The van der Waals surface area contributed by atoms with Crippen LogP contribution in [0.3, 0.4) is 0 Å². The average molecular weight is 370 g/mol. The Morgan fingerprint density at radius 3 is 2.23 bits per heavy atom. The minimum Gasteiger partial charge on any atom is -0.493 e. The zero-order valence-corrected chi connectivity index (χ0v) is 16.4. The molecule has 136 valence electrons. The molecule has 1 aromatic heterocycles. The summed E-state index contributed by atoms with van der Waals surface area (Å²) in [6.45, 7) is 6.31. The maximum atomic E-state index is 12.5. The van der Waals surface area contributed by atoms with Crippen molar-refractivity contribution in [1.82, 2.24) is 9.97 Å². The summed E-state index contributed by atoms with van der Waals surface area (Å²) < 4.78 is 10.6. The minimum absolute atomic E-state index is 0.177. The fourth-order valence-electron chi connectivity index (χ4n) is 3.12. The lowest BCUT2D eigenvalue weighted by Gasteiger charge is -2.11. The zero-order chi connectivity index (χ0) is 18.8. The number of hydrogen-bond acceptors (Lipinski definition) is 5. The first kappa shape index (κ1) is 18.3. The third-order valence-electron chi connectivity index (χ3n) is 4.22. The van der Waals surface area contributed by atoms with Gasteiger partial charge in [0.1, 0.15) is 5.82 Å². The van der Waals surface area contributed by atoms with Crippen molar-refractivity contribution in [2.24, 2.45) is 0 Å². The highest BCUT2D eigenvalue weighted by Crippen LogP contribution is 2.32. The molecule has 0 atom stereocenters. The van der Waals surface area contributed by atoms with E-state index in [0.29, 0.717) is 34.0 Å². The molecule has 0 bridgehead atoms. The van der Waals surface area contributed by atoms with E-state index in [4.69, 9.17) is 9.47 Å². The molecule has 0 unspecified atom stereocenters. The summed E-state index contributed by atoms with van der Waals surface area (Å²) in [5, 5.41) is 0.485. The molecule has 3 rings (SSSR count). The van der Waals surface area contributed by atoms with Crippen molar-refractivity contribution in [3.8, 4) is 11.5 Å². The third-order valence-corrected chi connectivity index (χ3v) is 5.57. The van der Waals surface area contributed by atoms with Crippen molar-refractivity contribution in [3.63, 3.8) is 0 Å². The van der Waals surface area contributed by atoms with Gasteiger partial charge in [0.2, 0.25) is 0 Å². The van der Waals surface area contributed by atoms with Crippen LogP contribution in [0.15, 0.2) is 34.0 Å². The first-order chi connectivity index (χ1) is 12.4. The van der Waals surface area contributed by atoms with Gasteiger partial charge in [0.25, 0.3) is 5.56 Å². The van der Waals surface area contributed by atoms with Gasteiger partial charge < -0.3 is 14.5 Å². The van der Waals surface area contributed by atoms with Crippen LogP contribution < -0.4 is 15.0 Å². The molecule has 6 heteroatoms. The average Bonchev–Trinajstić information content (AvgIpc) is 2.59. The van der Waals surface area contributed by atoms with Gasteiger partial charge in [-0.15, -0.1) is 11.8 Å². The van der Waals surface area contributed by atoms with Gasteiger partial charge in [0.15, 0.2) is 11.5 Å². The molecule has 1 heterocycles. The lowest BCUT2D eigenvalue weighted by molar-refractivity contribution is 0.355. The Morgan fingerprint density at radius 2 is 1.62 bits per heavy atom. The van der Waals surface area contributed by atoms with Crippen LogP contribution in [-0.2, 0) is 5.75 Å². The maximum absolute atomic E-state index is 12.5. The van der Waals surface area contributed by atoms with Crippen molar-refractivity contribution >= 4 is 22.7 Å². The summed E-state index contributed by atoms with van der Waals surface area (Å²) in [6.07, 6.45) is 0. The van der Waals surface area contributed by atoms with E-state index in [-0.39, 0.29) is 5.56 Å². The maximum Gasteiger partial charge on any atom is 0.258 e. The van der Waals surface area contributed by atoms with E-state index in [2.05, 4.69) is 42.9 Å². The summed E-state index contributed by atoms with van der Waals surface area (Å²) >= 11 is 1.68. The number of fused-ring (bicyclic) bond motifs is 1. The van der Waals surface area contributed by atoms with Crippen molar-refractivity contribution in [3.05, 3.63) is 57.1 Å². The number of thioether (sulfide) groups is 1. The topological polar surface area (TPSA) is 64.2 Å². The number of H-pyrrole nitrogens is 1. The molecule has 0 saturated carbocycles. The quantitative estimate of drug-likeness (QED) is 0.683. The SMILES string of the molecule is COc1cc2nc(CSc3c(C)cc(C)cc3C)[nH]c(=O)c2cc1OC. The van der Waals surface area contributed by atoms with E-state index in [0.717, 1.165) is 0 Å². The Bertz CT molecular complexity index is 1000. The lowest BCUT2D eigenvalue weighted by Crippen LogP contribution is -2.11. The van der Waals surface area contributed by atoms with E-state index in [1.165, 1.54) is 21.6 Å². The lowest BCUT2D eigenvalue weighted by atomic mass is 10.1. The monoisotopic (exact) mass is 370 g/mol. The minimum atomic E-state index is -0.177. The molecule has 1 N–H and O–H groups in total. The standard InChI is InChI=1S/C20H22N2O3S/c1-11-6-12(2)19(13(3)7-11)26-10-18-21-15-9-17(25-5)16(24-4)8-14(15)20(23)22-18/h6-9H,10H2,1-5H3,(H,21,22,23). The number of aromatic nitrogens is 2. The largest absolute Gasteiger partial charge is 0.493 e. The van der Waals surface area contributed by atoms with Crippen molar-refractivity contribution < 1.29 is 9.47 Å². The highest BCUT2D eigenvalue weighted by atomic mass is 32.2. The molecule has 0 amide bonds. The molecule has 2 aromatic carbocycles. The molecule has 0 fully saturated rings. The van der Waals surface area contributed by atoms with E-state index in [9.17, 15) is 4.79 Å². The van der Waals surface area contributed by atoms with Crippen LogP contribution in [-0.4, -0.2) is 24.2 Å². The predicted molar refractivity (Wildman–Crippen MR) is 106 cm³/mol. The molecule has 0 aliphatic rings. The molecule has 0 aliphatic heterocycles. The number of benzene rings is 2. The Labute approximate surface area is 156 Å². The van der Waals surface area contributed by atoms with Crippen LogP contribution in [0.1, 0.15) is 22.5 Å². The van der Waals surface area contributed by atoms with Crippen LogP contribution in [0.4, 0.5) is 0 Å². The molecule has 0 saturated heterocycles. The van der Waals surface area contributed by atoms with Gasteiger partial charge in [-0.3, -0.25) is 4.79 Å². The fourth-order valence-corrected chi connectivity index (χ4v) is 4.11. The zero-order valence-electron chi connectivity index (χ0n) is 15.6. The fraction of sp³-hybridized carbons (Fsp3) is 0.300. The highest BCUT2D eigenvalue weighted by molar-refractivity contribution is 7.98. The Kier molecular flexibility index (Phi) is 5.23. The van der Waals surface area contributed by atoms with Crippen LogP contribution in [0.25, 0.3) is 10.9 Å². The number of nitrogens with one attached hydrogen (secondary N) is 1. The first-order valence-corrected chi connectivity index (χ1v) is 9.27. The molecule has 26 heavy (non-hydrogen) atoms. The Morgan fingerprint density at radius 1 is 1.00 bits per heavy atom. The third kappa shape index (κ3) is 3.55. The van der Waals surface area contributed by atoms with E-state index < -0.39 is 0 Å². The van der Waals surface area contributed by atoms with Gasteiger partial charge in [0.05, 0.1) is 30.9 Å². The molecule has 5 nitrogen and oxygen atoms in total. The van der Waals surface area contributed by atoms with Gasteiger partial charge in [-0.05, 0) is 38.0 Å². The van der Waals surface area contributed by atoms with Crippen molar-refractivity contribution in [2.75, 3.05) is 14.2 Å². The summed E-state index contributed by atoms with van der Waals surface area (Å²) in [6, 6.07) is 7.73. The van der Waals surface area contributed by atoms with Gasteiger partial charge >= 0.3 is 0 Å². The van der Waals surface area contributed by atoms with Crippen LogP contribution >= 0.6 is 11.8 Å². The molecule has 3 aromatic rings. The normalized spacial score (nSPS) is 11.0. The van der Waals surface area contributed by atoms with Gasteiger partial charge in [-0.1, -0.05) is 17.7 Å². The number of rotatable bonds is 5. The second-order valence-corrected chi connectivity index (χ2v) is 7.24. The summed E-state index contributed by atoms with van der Waals surface area (Å²) in [5.74, 6) is 2.30. The number of aryl methyl sites for hydroxylation is 3. The van der Waals surface area contributed by atoms with E-state index in [1.807, 2.05) is 0 Å². The van der Waals surface area contributed by atoms with Crippen molar-refractivity contribution in [1.29, 1.82) is 0 Å². The number of nitrogens with zero attached hydrogens (tertiary/aromatic N) is 1. The number of ether oxygens (including phenoxy) is 2. The van der Waals surface area contributed by atoms with Gasteiger partial charge in [-0.2, -0.15) is 0 Å².